The van der Waals surface area contributed by atoms with Crippen molar-refractivity contribution < 1.29 is 9.47 Å². The Hall–Kier alpha value is -3.74. The van der Waals surface area contributed by atoms with Crippen LogP contribution in [0.1, 0.15) is 11.4 Å². The van der Waals surface area contributed by atoms with Gasteiger partial charge in [0.15, 0.2) is 11.5 Å². The third kappa shape index (κ3) is 5.62. The van der Waals surface area contributed by atoms with Crippen LogP contribution in [0.3, 0.4) is 0 Å². The SMILES string of the molecule is COc1ccc(Nc2nccc(Nc3cccc(C)[nH]c(C)cc3)n2)cc1OC. The normalized spacial score (nSPS) is 10.1. The molecule has 0 unspecified atom stereocenters. The van der Waals surface area contributed by atoms with Crippen LogP contribution >= 0.6 is 0 Å². The lowest BCUT2D eigenvalue weighted by atomic mass is 10.3. The van der Waals surface area contributed by atoms with Crippen LogP contribution in [0, 0.1) is 13.8 Å². The molecule has 2 aromatic heterocycles. The molecule has 0 amide bonds. The van der Waals surface area contributed by atoms with Gasteiger partial charge in [-0.2, -0.15) is 4.98 Å². The molecule has 3 N–H and O–H groups in total. The van der Waals surface area contributed by atoms with Crippen LogP contribution in [0.5, 0.6) is 11.5 Å². The van der Waals surface area contributed by atoms with E-state index in [9.17, 15) is 0 Å². The van der Waals surface area contributed by atoms with Crippen LogP contribution in [0.25, 0.3) is 0 Å². The highest BCUT2D eigenvalue weighted by atomic mass is 16.5. The van der Waals surface area contributed by atoms with Gasteiger partial charge >= 0.3 is 0 Å². The smallest absolute Gasteiger partial charge is 0.229 e. The molecule has 0 saturated carbocycles. The van der Waals surface area contributed by atoms with Gasteiger partial charge in [-0.1, -0.05) is 6.07 Å². The third-order valence-corrected chi connectivity index (χ3v) is 4.10. The zero-order chi connectivity index (χ0) is 20.6. The summed E-state index contributed by atoms with van der Waals surface area (Å²) in [6.45, 7) is 4.04. The van der Waals surface area contributed by atoms with Gasteiger partial charge in [-0.15, -0.1) is 0 Å². The Morgan fingerprint density at radius 3 is 2.34 bits per heavy atom. The van der Waals surface area contributed by atoms with E-state index in [2.05, 4.69) is 25.6 Å². The number of rotatable bonds is 6. The number of anilines is 4. The van der Waals surface area contributed by atoms with Crippen molar-refractivity contribution in [2.24, 2.45) is 0 Å². The lowest BCUT2D eigenvalue weighted by Gasteiger charge is -2.11. The zero-order valence-corrected chi connectivity index (χ0v) is 17.0. The van der Waals surface area contributed by atoms with Crippen molar-refractivity contribution >= 4 is 23.1 Å². The highest BCUT2D eigenvalue weighted by molar-refractivity contribution is 5.62. The first kappa shape index (κ1) is 20.0. The number of aromatic nitrogens is 3. The monoisotopic (exact) mass is 391 g/mol. The van der Waals surface area contributed by atoms with Crippen LogP contribution in [-0.2, 0) is 0 Å². The number of hydrogen-bond donors (Lipinski definition) is 3. The van der Waals surface area contributed by atoms with Crippen molar-refractivity contribution in [1.82, 2.24) is 15.0 Å². The average molecular weight is 391 g/mol. The Morgan fingerprint density at radius 1 is 0.793 bits per heavy atom. The van der Waals surface area contributed by atoms with E-state index in [1.807, 2.05) is 68.4 Å². The van der Waals surface area contributed by atoms with Gasteiger partial charge in [0.1, 0.15) is 5.82 Å². The van der Waals surface area contributed by atoms with Crippen molar-refractivity contribution in [3.8, 4) is 11.5 Å². The molecule has 0 aliphatic carbocycles. The minimum absolute atomic E-state index is 0.471. The van der Waals surface area contributed by atoms with E-state index in [4.69, 9.17) is 9.47 Å². The number of benzene rings is 1. The number of aromatic amines is 1. The van der Waals surface area contributed by atoms with E-state index in [1.54, 1.807) is 20.4 Å². The molecule has 3 aromatic rings. The van der Waals surface area contributed by atoms with Crippen LogP contribution in [-0.4, -0.2) is 29.2 Å². The molecular weight excluding hydrogens is 366 g/mol. The summed E-state index contributed by atoms with van der Waals surface area (Å²) in [5.74, 6) is 2.44. The number of H-pyrrole nitrogens is 1. The summed E-state index contributed by atoms with van der Waals surface area (Å²) in [5.41, 5.74) is 3.84. The predicted molar refractivity (Wildman–Crippen MR) is 116 cm³/mol. The summed E-state index contributed by atoms with van der Waals surface area (Å²) < 4.78 is 10.6. The van der Waals surface area contributed by atoms with E-state index in [0.29, 0.717) is 23.3 Å². The van der Waals surface area contributed by atoms with Crippen molar-refractivity contribution in [3.05, 3.63) is 72.2 Å². The quantitative estimate of drug-likeness (QED) is 0.545. The maximum absolute atomic E-state index is 5.34. The first-order valence-corrected chi connectivity index (χ1v) is 9.17. The van der Waals surface area contributed by atoms with Crippen LogP contribution in [0.15, 0.2) is 60.8 Å². The van der Waals surface area contributed by atoms with Crippen LogP contribution in [0.2, 0.25) is 0 Å². The van der Waals surface area contributed by atoms with E-state index in [-0.39, 0.29) is 0 Å². The summed E-state index contributed by atoms with van der Waals surface area (Å²) in [5, 5.41) is 6.50. The van der Waals surface area contributed by atoms with Gasteiger partial charge in [-0.3, -0.25) is 0 Å². The molecule has 150 valence electrons. The second kappa shape index (κ2) is 9.45. The molecule has 2 heterocycles. The summed E-state index contributed by atoms with van der Waals surface area (Å²) >= 11 is 0. The molecule has 7 nitrogen and oxygen atoms in total. The van der Waals surface area contributed by atoms with Crippen LogP contribution < -0.4 is 20.1 Å². The predicted octanol–water partition coefficient (Wildman–Crippen LogP) is 5.05. The minimum atomic E-state index is 0.471. The fourth-order valence-electron chi connectivity index (χ4n) is 2.72. The van der Waals surface area contributed by atoms with E-state index in [1.165, 1.54) is 0 Å². The molecule has 0 fully saturated rings. The Bertz CT molecular complexity index is 1030. The standard InChI is InChI=1S/C22H25N5O2/c1-15-6-5-7-17(9-8-16(2)24-15)25-21-12-13-23-22(27-21)26-18-10-11-19(28-3)20(14-18)29-4/h5-14,24H,1-4H3,(H2,23,25,26,27). The van der Waals surface area contributed by atoms with Gasteiger partial charge in [0.25, 0.3) is 0 Å². The number of nitrogens with zero attached hydrogens (tertiary/aromatic N) is 2. The maximum atomic E-state index is 5.34. The highest BCUT2D eigenvalue weighted by Crippen LogP contribution is 2.30. The molecule has 0 radical (unpaired) electrons. The van der Waals surface area contributed by atoms with Gasteiger partial charge in [-0.05, 0) is 56.3 Å². The van der Waals surface area contributed by atoms with Crippen molar-refractivity contribution in [2.75, 3.05) is 24.9 Å². The van der Waals surface area contributed by atoms with Gasteiger partial charge in [0.2, 0.25) is 5.95 Å². The molecule has 7 heteroatoms. The number of aryl methyl sites for hydroxylation is 2. The Kier molecular flexibility index (Phi) is 6.52. The van der Waals surface area contributed by atoms with E-state index >= 15 is 0 Å². The second-order valence-electron chi connectivity index (χ2n) is 6.39. The summed E-state index contributed by atoms with van der Waals surface area (Å²) in [4.78, 5) is 12.1. The molecule has 0 saturated heterocycles. The molecule has 1 aromatic carbocycles. The third-order valence-electron chi connectivity index (χ3n) is 4.10. The molecule has 0 bridgehead atoms. The van der Waals surface area contributed by atoms with Crippen molar-refractivity contribution in [1.29, 1.82) is 0 Å². The number of nitrogens with one attached hydrogen (secondary N) is 3. The Balaban J connectivity index is 1.82. The Morgan fingerprint density at radius 2 is 1.55 bits per heavy atom. The van der Waals surface area contributed by atoms with E-state index < -0.39 is 0 Å². The van der Waals surface area contributed by atoms with E-state index in [0.717, 1.165) is 22.8 Å². The molecule has 29 heavy (non-hydrogen) atoms. The molecular formula is C22H25N5O2. The molecule has 0 spiro atoms. The molecule has 0 aliphatic heterocycles. The van der Waals surface area contributed by atoms with Gasteiger partial charge in [0.05, 0.1) is 14.2 Å². The lowest BCUT2D eigenvalue weighted by Crippen LogP contribution is -2.00. The second-order valence-corrected chi connectivity index (χ2v) is 6.39. The molecule has 3 rings (SSSR count). The van der Waals surface area contributed by atoms with Gasteiger partial charge in [-0.25, -0.2) is 4.98 Å². The summed E-state index contributed by atoms with van der Waals surface area (Å²) in [6, 6.07) is 17.4. The van der Waals surface area contributed by atoms with Crippen molar-refractivity contribution in [2.45, 2.75) is 13.8 Å². The number of ether oxygens (including phenoxy) is 2. The topological polar surface area (TPSA) is 84.1 Å². The average Bonchev–Trinajstić information content (AvgIpc) is 2.79. The van der Waals surface area contributed by atoms with Crippen molar-refractivity contribution in [3.63, 3.8) is 0 Å². The lowest BCUT2D eigenvalue weighted by molar-refractivity contribution is 0.355. The first-order chi connectivity index (χ1) is 14.1. The van der Waals surface area contributed by atoms with Gasteiger partial charge in [0, 0.05) is 35.0 Å². The number of hydrogen-bond acceptors (Lipinski definition) is 6. The summed E-state index contributed by atoms with van der Waals surface area (Å²) in [6.07, 6.45) is 1.70. The highest BCUT2D eigenvalue weighted by Gasteiger charge is 2.06. The maximum Gasteiger partial charge on any atom is 0.229 e. The van der Waals surface area contributed by atoms with Gasteiger partial charge < -0.3 is 25.1 Å². The first-order valence-electron chi connectivity index (χ1n) is 9.17. The fraction of sp³-hybridized carbons (Fsp3) is 0.182. The number of methoxy groups -OCH3 is 2. The van der Waals surface area contributed by atoms with Crippen LogP contribution in [0.4, 0.5) is 23.1 Å². The zero-order valence-electron chi connectivity index (χ0n) is 17.0. The largest absolute Gasteiger partial charge is 0.493 e. The fourth-order valence-corrected chi connectivity index (χ4v) is 2.72. The molecule has 0 aliphatic rings. The molecule has 0 atom stereocenters. The Labute approximate surface area is 170 Å². The summed E-state index contributed by atoms with van der Waals surface area (Å²) in [7, 11) is 3.21. The minimum Gasteiger partial charge on any atom is -0.493 e.